The summed E-state index contributed by atoms with van der Waals surface area (Å²) in [6.07, 6.45) is 1.49. The molecule has 0 atom stereocenters. The number of hydrogen-bond donors (Lipinski definition) is 0. The van der Waals surface area contributed by atoms with Crippen LogP contribution in [0.1, 0.15) is 5.56 Å². The monoisotopic (exact) mass is 390 g/mol. The second-order valence-corrected chi connectivity index (χ2v) is 7.00. The van der Waals surface area contributed by atoms with Gasteiger partial charge in [-0.25, -0.2) is 9.97 Å². The maximum Gasteiger partial charge on any atom is 0.266 e. The van der Waals surface area contributed by atoms with Crippen molar-refractivity contribution in [3.63, 3.8) is 0 Å². The van der Waals surface area contributed by atoms with E-state index in [1.54, 1.807) is 48.5 Å². The Bertz CT molecular complexity index is 1250. The van der Waals surface area contributed by atoms with E-state index in [1.165, 1.54) is 22.5 Å². The van der Waals surface area contributed by atoms with Crippen LogP contribution in [0.3, 0.4) is 0 Å². The number of fused-ring (bicyclic) bond motifs is 1. The molecule has 0 saturated carbocycles. The van der Waals surface area contributed by atoms with E-state index in [1.807, 2.05) is 18.2 Å². The number of aromatic nitrogens is 3. The van der Waals surface area contributed by atoms with E-state index in [-0.39, 0.29) is 5.56 Å². The van der Waals surface area contributed by atoms with Gasteiger partial charge in [0.1, 0.15) is 11.1 Å². The van der Waals surface area contributed by atoms with Crippen LogP contribution in [0.25, 0.3) is 16.6 Å². The highest BCUT2D eigenvalue weighted by Crippen LogP contribution is 2.29. The highest BCUT2D eigenvalue weighted by Gasteiger charge is 2.16. The van der Waals surface area contributed by atoms with Gasteiger partial charge >= 0.3 is 0 Å². The first kappa shape index (κ1) is 17.3. The van der Waals surface area contributed by atoms with Crippen LogP contribution < -0.4 is 5.56 Å². The Morgan fingerprint density at radius 1 is 1.04 bits per heavy atom. The number of rotatable bonds is 3. The molecule has 5 nitrogen and oxygen atoms in total. The first-order valence-electron chi connectivity index (χ1n) is 7.98. The van der Waals surface area contributed by atoms with E-state index in [9.17, 15) is 4.79 Å². The van der Waals surface area contributed by atoms with Gasteiger partial charge in [-0.2, -0.15) is 5.26 Å². The number of benzene rings is 2. The number of pyridine rings is 1. The van der Waals surface area contributed by atoms with Gasteiger partial charge in [0.25, 0.3) is 5.56 Å². The van der Waals surface area contributed by atoms with Crippen molar-refractivity contribution in [3.05, 3.63) is 87.8 Å². The summed E-state index contributed by atoms with van der Waals surface area (Å²) in [4.78, 5) is 22.1. The summed E-state index contributed by atoms with van der Waals surface area (Å²) in [5, 5.41) is 11.0. The van der Waals surface area contributed by atoms with Crippen LogP contribution in [0.2, 0.25) is 5.02 Å². The Morgan fingerprint density at radius 3 is 2.56 bits per heavy atom. The van der Waals surface area contributed by atoms with Gasteiger partial charge in [0.05, 0.1) is 27.2 Å². The fourth-order valence-corrected chi connectivity index (χ4v) is 3.69. The summed E-state index contributed by atoms with van der Waals surface area (Å²) in [6.45, 7) is 0. The molecule has 0 aliphatic rings. The summed E-state index contributed by atoms with van der Waals surface area (Å²) < 4.78 is 1.50. The number of hydrogen-bond acceptors (Lipinski definition) is 5. The fourth-order valence-electron chi connectivity index (χ4n) is 2.63. The molecule has 0 amide bonds. The van der Waals surface area contributed by atoms with E-state index in [4.69, 9.17) is 16.9 Å². The SMILES string of the molecule is N#Cc1ccc(Sc2nc3ccccc3c(=O)n2-c2ccccc2Cl)nc1. The lowest BCUT2D eigenvalue weighted by atomic mass is 10.2. The largest absolute Gasteiger partial charge is 0.268 e. The van der Waals surface area contributed by atoms with Crippen molar-refractivity contribution in [1.29, 1.82) is 5.26 Å². The van der Waals surface area contributed by atoms with E-state index in [0.717, 1.165) is 0 Å². The molecule has 0 bridgehead atoms. The van der Waals surface area contributed by atoms with E-state index >= 15 is 0 Å². The molecule has 0 N–H and O–H groups in total. The predicted octanol–water partition coefficient (Wildman–Crippen LogP) is 4.46. The van der Waals surface area contributed by atoms with Crippen molar-refractivity contribution in [2.45, 2.75) is 10.2 Å². The molecular weight excluding hydrogens is 380 g/mol. The number of nitriles is 1. The summed E-state index contributed by atoms with van der Waals surface area (Å²) >= 11 is 7.59. The molecule has 0 aliphatic heterocycles. The summed E-state index contributed by atoms with van der Waals surface area (Å²) in [7, 11) is 0. The van der Waals surface area contributed by atoms with Gasteiger partial charge in [0.2, 0.25) is 0 Å². The van der Waals surface area contributed by atoms with Gasteiger partial charge in [0, 0.05) is 6.20 Å². The van der Waals surface area contributed by atoms with Crippen molar-refractivity contribution in [2.24, 2.45) is 0 Å². The van der Waals surface area contributed by atoms with E-state index in [0.29, 0.717) is 37.4 Å². The van der Waals surface area contributed by atoms with Crippen LogP contribution in [0.5, 0.6) is 0 Å². The normalized spacial score (nSPS) is 10.7. The first-order chi connectivity index (χ1) is 13.2. The molecule has 4 aromatic rings. The Balaban J connectivity index is 1.95. The van der Waals surface area contributed by atoms with Crippen molar-refractivity contribution in [2.75, 3.05) is 0 Å². The highest BCUT2D eigenvalue weighted by atomic mass is 35.5. The predicted molar refractivity (Wildman–Crippen MR) is 105 cm³/mol. The van der Waals surface area contributed by atoms with Gasteiger partial charge in [-0.05, 0) is 48.2 Å². The minimum atomic E-state index is -0.204. The Morgan fingerprint density at radius 2 is 1.81 bits per heavy atom. The number of halogens is 1. The molecule has 0 unspecified atom stereocenters. The van der Waals surface area contributed by atoms with Gasteiger partial charge in [-0.15, -0.1) is 0 Å². The van der Waals surface area contributed by atoms with Gasteiger partial charge in [0.15, 0.2) is 5.16 Å². The van der Waals surface area contributed by atoms with Crippen LogP contribution in [0.15, 0.2) is 81.8 Å². The highest BCUT2D eigenvalue weighted by molar-refractivity contribution is 7.99. The molecule has 27 heavy (non-hydrogen) atoms. The van der Waals surface area contributed by atoms with Crippen molar-refractivity contribution in [1.82, 2.24) is 14.5 Å². The Labute approximate surface area is 163 Å². The molecule has 0 aliphatic carbocycles. The minimum absolute atomic E-state index is 0.204. The molecule has 7 heteroatoms. The summed E-state index contributed by atoms with van der Waals surface area (Å²) in [5.41, 5.74) is 1.42. The zero-order valence-corrected chi connectivity index (χ0v) is 15.4. The third kappa shape index (κ3) is 3.31. The standard InChI is InChI=1S/C20H11ClN4OS/c21-15-6-2-4-8-17(15)25-19(26)14-5-1-3-7-16(14)24-20(25)27-18-10-9-13(11-22)12-23-18/h1-10,12H. The maximum absolute atomic E-state index is 13.2. The fraction of sp³-hybridized carbons (Fsp3) is 0. The molecule has 2 aromatic carbocycles. The Kier molecular flexibility index (Phi) is 4.63. The molecule has 130 valence electrons. The first-order valence-corrected chi connectivity index (χ1v) is 9.17. The van der Waals surface area contributed by atoms with Crippen LogP contribution in [0.4, 0.5) is 0 Å². The third-order valence-corrected chi connectivity index (χ3v) is 5.13. The second-order valence-electron chi connectivity index (χ2n) is 5.60. The molecule has 2 aromatic heterocycles. The lowest BCUT2D eigenvalue weighted by molar-refractivity contribution is 0.818. The topological polar surface area (TPSA) is 71.6 Å². The summed E-state index contributed by atoms with van der Waals surface area (Å²) in [6, 6.07) is 19.7. The molecule has 0 radical (unpaired) electrons. The van der Waals surface area contributed by atoms with Gasteiger partial charge in [-0.1, -0.05) is 35.9 Å². The third-order valence-electron chi connectivity index (χ3n) is 3.90. The number of para-hydroxylation sites is 2. The lowest BCUT2D eigenvalue weighted by Crippen LogP contribution is -2.22. The lowest BCUT2D eigenvalue weighted by Gasteiger charge is -2.14. The number of nitrogens with zero attached hydrogens (tertiary/aromatic N) is 4. The molecule has 4 rings (SSSR count). The molecule has 0 spiro atoms. The summed E-state index contributed by atoms with van der Waals surface area (Å²) in [5.74, 6) is 0. The van der Waals surface area contributed by atoms with Crippen LogP contribution >= 0.6 is 23.4 Å². The molecular formula is C20H11ClN4OS. The van der Waals surface area contributed by atoms with Gasteiger partial charge < -0.3 is 0 Å². The van der Waals surface area contributed by atoms with E-state index < -0.39 is 0 Å². The van der Waals surface area contributed by atoms with Crippen LogP contribution in [-0.4, -0.2) is 14.5 Å². The van der Waals surface area contributed by atoms with E-state index in [2.05, 4.69) is 9.97 Å². The quantitative estimate of drug-likeness (QED) is 0.483. The van der Waals surface area contributed by atoms with Crippen molar-refractivity contribution < 1.29 is 0 Å². The average molecular weight is 391 g/mol. The molecule has 2 heterocycles. The van der Waals surface area contributed by atoms with Gasteiger partial charge in [-0.3, -0.25) is 9.36 Å². The van der Waals surface area contributed by atoms with Crippen LogP contribution in [-0.2, 0) is 0 Å². The van der Waals surface area contributed by atoms with Crippen molar-refractivity contribution in [3.8, 4) is 11.8 Å². The minimum Gasteiger partial charge on any atom is -0.268 e. The zero-order chi connectivity index (χ0) is 18.8. The zero-order valence-electron chi connectivity index (χ0n) is 13.8. The average Bonchev–Trinajstić information content (AvgIpc) is 2.70. The Hall–Kier alpha value is -3.14. The maximum atomic E-state index is 13.2. The van der Waals surface area contributed by atoms with Crippen molar-refractivity contribution >= 4 is 34.3 Å². The molecule has 0 saturated heterocycles. The van der Waals surface area contributed by atoms with Crippen LogP contribution in [0, 0.1) is 11.3 Å². The smallest absolute Gasteiger partial charge is 0.266 e. The second kappa shape index (κ2) is 7.23. The molecule has 0 fully saturated rings.